The molecule has 0 saturated carbocycles. The summed E-state index contributed by atoms with van der Waals surface area (Å²) in [6.45, 7) is 1.89. The molecule has 0 aliphatic rings. The lowest BCUT2D eigenvalue weighted by atomic mass is 10.1. The predicted octanol–water partition coefficient (Wildman–Crippen LogP) is 4.29. The number of rotatable bonds is 4. The van der Waals surface area contributed by atoms with Crippen LogP contribution in [0.2, 0.25) is 0 Å². The molecule has 0 atom stereocenters. The average Bonchev–Trinajstić information content (AvgIpc) is 2.73. The zero-order valence-electron chi connectivity index (χ0n) is 16.4. The number of aryl methyl sites for hydroxylation is 1. The molecule has 0 radical (unpaired) electrons. The first-order chi connectivity index (χ1) is 14.3. The van der Waals surface area contributed by atoms with Crippen LogP contribution in [-0.4, -0.2) is 34.7 Å². The molecule has 0 bridgehead atoms. The van der Waals surface area contributed by atoms with E-state index in [1.807, 2.05) is 43.3 Å². The second-order valence-corrected chi connectivity index (χ2v) is 9.01. The van der Waals surface area contributed by atoms with Crippen LogP contribution in [0.1, 0.15) is 5.56 Å². The Hall–Kier alpha value is -3.58. The van der Waals surface area contributed by atoms with Gasteiger partial charge in [-0.25, -0.2) is 23.4 Å². The van der Waals surface area contributed by atoms with Gasteiger partial charge in [0, 0.05) is 17.4 Å². The van der Waals surface area contributed by atoms with Gasteiger partial charge >= 0.3 is 0 Å². The number of hydrogen-bond acceptors (Lipinski definition) is 6. The van der Waals surface area contributed by atoms with Crippen molar-refractivity contribution in [2.45, 2.75) is 11.8 Å². The molecule has 4 rings (SSSR count). The Morgan fingerprint density at radius 1 is 0.733 bits per heavy atom. The smallest absolute Gasteiger partial charge is 0.175 e. The summed E-state index contributed by atoms with van der Waals surface area (Å²) in [7, 11) is -3.30. The topological polar surface area (TPSA) is 93.0 Å². The number of sulfone groups is 1. The van der Waals surface area contributed by atoms with E-state index >= 15 is 0 Å². The van der Waals surface area contributed by atoms with Crippen LogP contribution in [0.4, 0.5) is 0 Å². The van der Waals surface area contributed by atoms with Crippen molar-refractivity contribution >= 4 is 9.84 Å². The van der Waals surface area contributed by atoms with Crippen molar-refractivity contribution in [1.29, 1.82) is 0 Å². The molecule has 0 aliphatic carbocycles. The number of hydrogen-bond donors (Lipinski definition) is 1. The van der Waals surface area contributed by atoms with E-state index in [1.54, 1.807) is 24.3 Å². The molecule has 1 heterocycles. The molecule has 0 unspecified atom stereocenters. The lowest BCUT2D eigenvalue weighted by Gasteiger charge is -2.10. The first-order valence-electron chi connectivity index (χ1n) is 9.23. The van der Waals surface area contributed by atoms with Crippen LogP contribution in [0, 0.1) is 6.92 Å². The summed E-state index contributed by atoms with van der Waals surface area (Å²) >= 11 is 0. The van der Waals surface area contributed by atoms with E-state index < -0.39 is 9.84 Å². The van der Waals surface area contributed by atoms with Crippen LogP contribution in [0.25, 0.3) is 34.2 Å². The van der Waals surface area contributed by atoms with E-state index in [1.165, 1.54) is 12.1 Å². The summed E-state index contributed by atoms with van der Waals surface area (Å²) in [5, 5.41) is 10.4. The van der Waals surface area contributed by atoms with Gasteiger partial charge < -0.3 is 5.11 Å². The predicted molar refractivity (Wildman–Crippen MR) is 116 cm³/mol. The normalized spacial score (nSPS) is 11.4. The molecule has 0 saturated heterocycles. The highest BCUT2D eigenvalue weighted by atomic mass is 32.2. The minimum atomic E-state index is -3.30. The molecule has 0 fully saturated rings. The zero-order valence-corrected chi connectivity index (χ0v) is 17.3. The Morgan fingerprint density at radius 3 is 1.87 bits per heavy atom. The fourth-order valence-corrected chi connectivity index (χ4v) is 3.65. The maximum absolute atomic E-state index is 11.8. The molecule has 7 heteroatoms. The highest BCUT2D eigenvalue weighted by molar-refractivity contribution is 7.90. The molecule has 0 aliphatic heterocycles. The Labute approximate surface area is 174 Å². The van der Waals surface area contributed by atoms with Gasteiger partial charge in [0.15, 0.2) is 27.3 Å². The Balaban J connectivity index is 1.90. The second kappa shape index (κ2) is 7.68. The standard InChI is InChI=1S/C23H19N3O3S/c1-15-8-13-19(20(27)14-15)23-25-21(16-6-4-3-5-7-16)24-22(26-23)17-9-11-18(12-10-17)30(2,28)29/h3-14,27H,1-2H3. The lowest BCUT2D eigenvalue weighted by Crippen LogP contribution is -2.01. The quantitative estimate of drug-likeness (QED) is 0.532. The number of nitrogens with zero attached hydrogens (tertiary/aromatic N) is 3. The van der Waals surface area contributed by atoms with Gasteiger partial charge in [0.05, 0.1) is 10.5 Å². The van der Waals surface area contributed by atoms with E-state index in [4.69, 9.17) is 0 Å². The van der Waals surface area contributed by atoms with E-state index in [-0.39, 0.29) is 10.6 Å². The largest absolute Gasteiger partial charge is 0.507 e. The fraction of sp³-hybridized carbons (Fsp3) is 0.0870. The Kier molecular flexibility index (Phi) is 5.05. The molecule has 1 aromatic heterocycles. The molecule has 6 nitrogen and oxygen atoms in total. The number of phenols is 1. The lowest BCUT2D eigenvalue weighted by molar-refractivity contribution is 0.476. The van der Waals surface area contributed by atoms with Crippen LogP contribution in [-0.2, 0) is 9.84 Å². The van der Waals surface area contributed by atoms with Crippen molar-refractivity contribution in [3.05, 3.63) is 78.4 Å². The molecule has 150 valence electrons. The first-order valence-corrected chi connectivity index (χ1v) is 11.1. The second-order valence-electron chi connectivity index (χ2n) is 6.99. The number of phenolic OH excluding ortho intramolecular Hbond substituents is 1. The number of aromatic nitrogens is 3. The molecule has 0 amide bonds. The van der Waals surface area contributed by atoms with Crippen LogP contribution in [0.5, 0.6) is 5.75 Å². The van der Waals surface area contributed by atoms with Crippen LogP contribution in [0.3, 0.4) is 0 Å². The van der Waals surface area contributed by atoms with Gasteiger partial charge in [-0.1, -0.05) is 36.4 Å². The summed E-state index contributed by atoms with van der Waals surface area (Å²) in [6.07, 6.45) is 1.16. The summed E-state index contributed by atoms with van der Waals surface area (Å²) in [5.74, 6) is 1.27. The minimum Gasteiger partial charge on any atom is -0.507 e. The maximum atomic E-state index is 11.8. The summed E-state index contributed by atoms with van der Waals surface area (Å²) in [5.41, 5.74) is 2.87. The minimum absolute atomic E-state index is 0.0820. The van der Waals surface area contributed by atoms with Gasteiger partial charge in [0.25, 0.3) is 0 Å². The van der Waals surface area contributed by atoms with Crippen molar-refractivity contribution in [1.82, 2.24) is 15.0 Å². The monoisotopic (exact) mass is 417 g/mol. The average molecular weight is 417 g/mol. The third kappa shape index (κ3) is 4.06. The van der Waals surface area contributed by atoms with Gasteiger partial charge in [0.2, 0.25) is 0 Å². The van der Waals surface area contributed by atoms with Crippen molar-refractivity contribution in [3.63, 3.8) is 0 Å². The third-order valence-corrected chi connectivity index (χ3v) is 5.73. The SMILES string of the molecule is Cc1ccc(-c2nc(-c3ccccc3)nc(-c3ccc(S(C)(=O)=O)cc3)n2)c(O)c1. The molecule has 4 aromatic rings. The van der Waals surface area contributed by atoms with Crippen molar-refractivity contribution in [2.24, 2.45) is 0 Å². The van der Waals surface area contributed by atoms with E-state index in [9.17, 15) is 13.5 Å². The number of benzene rings is 3. The highest BCUT2D eigenvalue weighted by Gasteiger charge is 2.15. The van der Waals surface area contributed by atoms with Gasteiger partial charge in [-0.15, -0.1) is 0 Å². The van der Waals surface area contributed by atoms with Gasteiger partial charge in [-0.2, -0.15) is 0 Å². The Morgan fingerprint density at radius 2 is 1.30 bits per heavy atom. The van der Waals surface area contributed by atoms with Crippen molar-refractivity contribution in [2.75, 3.05) is 6.26 Å². The van der Waals surface area contributed by atoms with Crippen molar-refractivity contribution in [3.8, 4) is 39.9 Å². The fourth-order valence-electron chi connectivity index (χ4n) is 3.02. The Bertz CT molecular complexity index is 1320. The van der Waals surface area contributed by atoms with Gasteiger partial charge in [-0.3, -0.25) is 0 Å². The third-order valence-electron chi connectivity index (χ3n) is 4.60. The zero-order chi connectivity index (χ0) is 21.3. The van der Waals surface area contributed by atoms with Crippen LogP contribution in [0.15, 0.2) is 77.7 Å². The molecule has 1 N–H and O–H groups in total. The summed E-state index contributed by atoms with van der Waals surface area (Å²) in [6, 6.07) is 21.2. The maximum Gasteiger partial charge on any atom is 0.175 e. The molecular formula is C23H19N3O3S. The molecule has 0 spiro atoms. The van der Waals surface area contributed by atoms with E-state index in [0.717, 1.165) is 17.4 Å². The molecule has 3 aromatic carbocycles. The number of aromatic hydroxyl groups is 1. The first kappa shape index (κ1) is 19.7. The highest BCUT2D eigenvalue weighted by Crippen LogP contribution is 2.30. The van der Waals surface area contributed by atoms with Crippen molar-refractivity contribution < 1.29 is 13.5 Å². The van der Waals surface area contributed by atoms with Crippen LogP contribution < -0.4 is 0 Å². The van der Waals surface area contributed by atoms with E-state index in [0.29, 0.717) is 28.6 Å². The van der Waals surface area contributed by atoms with Crippen LogP contribution >= 0.6 is 0 Å². The summed E-state index contributed by atoms with van der Waals surface area (Å²) < 4.78 is 23.5. The van der Waals surface area contributed by atoms with Gasteiger partial charge in [0.1, 0.15) is 5.75 Å². The van der Waals surface area contributed by atoms with Gasteiger partial charge in [-0.05, 0) is 48.9 Å². The summed E-state index contributed by atoms with van der Waals surface area (Å²) in [4.78, 5) is 13.9. The van der Waals surface area contributed by atoms with E-state index in [2.05, 4.69) is 15.0 Å². The molecule has 30 heavy (non-hydrogen) atoms. The molecular weight excluding hydrogens is 398 g/mol.